The van der Waals surface area contributed by atoms with Gasteiger partial charge in [-0.1, -0.05) is 23.2 Å². The number of carbonyl (C=O) groups excluding carboxylic acids is 1. The summed E-state index contributed by atoms with van der Waals surface area (Å²) in [5.74, 6) is -0.148. The zero-order chi connectivity index (χ0) is 18.8. The van der Waals surface area contributed by atoms with Crippen molar-refractivity contribution < 1.29 is 4.79 Å². The Bertz CT molecular complexity index is 1050. The molecule has 2 heterocycles. The summed E-state index contributed by atoms with van der Waals surface area (Å²) in [6.45, 7) is 0.266. The Hall–Kier alpha value is -2.57. The van der Waals surface area contributed by atoms with Crippen molar-refractivity contribution in [1.29, 1.82) is 0 Å². The molecule has 2 aromatic heterocycles. The third kappa shape index (κ3) is 3.81. The summed E-state index contributed by atoms with van der Waals surface area (Å²) in [6, 6.07) is 9.77. The predicted octanol–water partition coefficient (Wildman–Crippen LogP) is 3.32. The van der Waals surface area contributed by atoms with Crippen molar-refractivity contribution in [3.8, 4) is 0 Å². The van der Waals surface area contributed by atoms with Crippen molar-refractivity contribution in [2.24, 2.45) is 0 Å². The molecule has 134 valence electrons. The lowest BCUT2D eigenvalue weighted by Crippen LogP contribution is -2.23. The molecule has 26 heavy (non-hydrogen) atoms. The van der Waals surface area contributed by atoms with Crippen molar-refractivity contribution in [2.45, 2.75) is 6.54 Å². The van der Waals surface area contributed by atoms with Crippen LogP contribution in [-0.2, 0) is 6.54 Å². The predicted molar refractivity (Wildman–Crippen MR) is 103 cm³/mol. The van der Waals surface area contributed by atoms with Crippen LogP contribution in [-0.4, -0.2) is 34.3 Å². The molecule has 0 spiro atoms. The van der Waals surface area contributed by atoms with Crippen LogP contribution >= 0.6 is 23.2 Å². The van der Waals surface area contributed by atoms with E-state index in [0.717, 1.165) is 0 Å². The Balaban J connectivity index is 1.91. The maximum absolute atomic E-state index is 12.3. The standard InChI is InChI=1S/C18H16Cl2N4O2/c1-23(2)18(26)14-5-3-11(19)7-15(14)21-9-13-8-17(25)24-10-12(20)4-6-16(24)22-13/h3-8,10,21H,9H2,1-2H3. The molecule has 0 fully saturated rings. The zero-order valence-corrected chi connectivity index (χ0v) is 15.7. The number of rotatable bonds is 4. The molecule has 0 radical (unpaired) electrons. The first-order valence-electron chi connectivity index (χ1n) is 7.78. The summed E-state index contributed by atoms with van der Waals surface area (Å²) in [6.07, 6.45) is 1.52. The number of halogens is 2. The molecule has 0 atom stereocenters. The van der Waals surface area contributed by atoms with Gasteiger partial charge in [-0.2, -0.15) is 0 Å². The van der Waals surface area contributed by atoms with E-state index in [2.05, 4.69) is 10.3 Å². The molecular formula is C18H16Cl2N4O2. The number of aromatic nitrogens is 2. The van der Waals surface area contributed by atoms with Crippen LogP contribution in [0.2, 0.25) is 10.0 Å². The summed E-state index contributed by atoms with van der Waals surface area (Å²) < 4.78 is 1.38. The Kier molecular flexibility index (Phi) is 5.15. The lowest BCUT2D eigenvalue weighted by Gasteiger charge is -2.15. The van der Waals surface area contributed by atoms with Crippen molar-refractivity contribution in [1.82, 2.24) is 14.3 Å². The molecule has 0 aliphatic rings. The van der Waals surface area contributed by atoms with Crippen molar-refractivity contribution in [2.75, 3.05) is 19.4 Å². The molecule has 1 aromatic carbocycles. The second-order valence-electron chi connectivity index (χ2n) is 5.90. The van der Waals surface area contributed by atoms with E-state index in [1.165, 1.54) is 21.6 Å². The molecule has 1 amide bonds. The minimum atomic E-state index is -0.231. The number of nitrogens with one attached hydrogen (secondary N) is 1. The maximum atomic E-state index is 12.3. The minimum Gasteiger partial charge on any atom is -0.379 e. The number of benzene rings is 1. The van der Waals surface area contributed by atoms with Gasteiger partial charge in [-0.05, 0) is 30.3 Å². The zero-order valence-electron chi connectivity index (χ0n) is 14.2. The Morgan fingerprint density at radius 3 is 2.62 bits per heavy atom. The Morgan fingerprint density at radius 2 is 1.88 bits per heavy atom. The van der Waals surface area contributed by atoms with Gasteiger partial charge in [0.25, 0.3) is 11.5 Å². The van der Waals surface area contributed by atoms with Gasteiger partial charge in [0.2, 0.25) is 0 Å². The topological polar surface area (TPSA) is 66.7 Å². The van der Waals surface area contributed by atoms with Gasteiger partial charge in [-0.15, -0.1) is 0 Å². The van der Waals surface area contributed by atoms with E-state index in [0.29, 0.717) is 32.6 Å². The van der Waals surface area contributed by atoms with E-state index in [1.807, 2.05) is 0 Å². The third-order valence-corrected chi connectivity index (χ3v) is 4.21. The first-order valence-corrected chi connectivity index (χ1v) is 8.53. The summed E-state index contributed by atoms with van der Waals surface area (Å²) in [4.78, 5) is 30.5. The number of carbonyl (C=O) groups is 1. The van der Waals surface area contributed by atoms with Crippen LogP contribution < -0.4 is 10.9 Å². The van der Waals surface area contributed by atoms with Crippen molar-refractivity contribution in [3.05, 3.63) is 74.3 Å². The number of pyridine rings is 1. The van der Waals surface area contributed by atoms with Crippen LogP contribution in [0.5, 0.6) is 0 Å². The molecular weight excluding hydrogens is 375 g/mol. The third-order valence-electron chi connectivity index (χ3n) is 3.75. The molecule has 0 aliphatic carbocycles. The fraction of sp³-hybridized carbons (Fsp3) is 0.167. The Labute approximate surface area is 160 Å². The van der Waals surface area contributed by atoms with Crippen molar-refractivity contribution in [3.63, 3.8) is 0 Å². The van der Waals surface area contributed by atoms with Crippen LogP contribution in [0.1, 0.15) is 16.1 Å². The highest BCUT2D eigenvalue weighted by atomic mass is 35.5. The van der Waals surface area contributed by atoms with Crippen molar-refractivity contribution >= 4 is 40.4 Å². The molecule has 0 bridgehead atoms. The molecule has 6 nitrogen and oxygen atoms in total. The van der Waals surface area contributed by atoms with E-state index >= 15 is 0 Å². The number of anilines is 1. The number of hydrogen-bond donors (Lipinski definition) is 1. The number of amides is 1. The fourth-order valence-corrected chi connectivity index (χ4v) is 2.83. The van der Waals surface area contributed by atoms with E-state index in [4.69, 9.17) is 23.2 Å². The normalized spacial score (nSPS) is 10.8. The average molecular weight is 391 g/mol. The largest absolute Gasteiger partial charge is 0.379 e. The van der Waals surface area contributed by atoms with Gasteiger partial charge >= 0.3 is 0 Å². The van der Waals surface area contributed by atoms with E-state index < -0.39 is 0 Å². The van der Waals surface area contributed by atoms with Crippen LogP contribution in [0.15, 0.2) is 47.4 Å². The van der Waals surface area contributed by atoms with Crippen LogP contribution in [0.4, 0.5) is 5.69 Å². The minimum absolute atomic E-state index is 0.148. The molecule has 1 N–H and O–H groups in total. The molecule has 3 aromatic rings. The van der Waals surface area contributed by atoms with Gasteiger partial charge < -0.3 is 10.2 Å². The van der Waals surface area contributed by atoms with Gasteiger partial charge in [0.15, 0.2) is 0 Å². The highest BCUT2D eigenvalue weighted by molar-refractivity contribution is 6.31. The number of fused-ring (bicyclic) bond motifs is 1. The monoisotopic (exact) mass is 390 g/mol. The lowest BCUT2D eigenvalue weighted by atomic mass is 10.1. The van der Waals surface area contributed by atoms with Crippen LogP contribution in [0, 0.1) is 0 Å². The van der Waals surface area contributed by atoms with E-state index in [1.54, 1.807) is 44.4 Å². The van der Waals surface area contributed by atoms with Gasteiger partial charge in [-0.25, -0.2) is 4.98 Å². The van der Waals surface area contributed by atoms with E-state index in [-0.39, 0.29) is 18.0 Å². The van der Waals surface area contributed by atoms with Gasteiger partial charge in [-0.3, -0.25) is 14.0 Å². The summed E-state index contributed by atoms with van der Waals surface area (Å²) in [5.41, 5.74) is 1.87. The van der Waals surface area contributed by atoms with Gasteiger partial charge in [0.05, 0.1) is 22.8 Å². The summed E-state index contributed by atoms with van der Waals surface area (Å²) in [7, 11) is 3.36. The first-order chi connectivity index (χ1) is 12.3. The second kappa shape index (κ2) is 7.35. The van der Waals surface area contributed by atoms with Gasteiger partial charge in [0.1, 0.15) is 5.65 Å². The number of hydrogen-bond acceptors (Lipinski definition) is 4. The fourth-order valence-electron chi connectivity index (χ4n) is 2.49. The lowest BCUT2D eigenvalue weighted by molar-refractivity contribution is 0.0828. The van der Waals surface area contributed by atoms with Gasteiger partial charge in [0, 0.05) is 37.1 Å². The van der Waals surface area contributed by atoms with Crippen LogP contribution in [0.3, 0.4) is 0 Å². The Morgan fingerprint density at radius 1 is 1.15 bits per heavy atom. The van der Waals surface area contributed by atoms with Crippen LogP contribution in [0.25, 0.3) is 5.65 Å². The number of nitrogens with zero attached hydrogens (tertiary/aromatic N) is 3. The second-order valence-corrected chi connectivity index (χ2v) is 6.78. The molecule has 3 rings (SSSR count). The highest BCUT2D eigenvalue weighted by Crippen LogP contribution is 2.22. The highest BCUT2D eigenvalue weighted by Gasteiger charge is 2.14. The molecule has 0 unspecified atom stereocenters. The summed E-state index contributed by atoms with van der Waals surface area (Å²) in [5, 5.41) is 4.10. The molecule has 0 saturated heterocycles. The average Bonchev–Trinajstić information content (AvgIpc) is 2.60. The molecule has 0 aliphatic heterocycles. The summed E-state index contributed by atoms with van der Waals surface area (Å²) >= 11 is 12.0. The molecule has 0 saturated carbocycles. The van der Waals surface area contributed by atoms with E-state index in [9.17, 15) is 9.59 Å². The smallest absolute Gasteiger partial charge is 0.258 e. The first kappa shape index (κ1) is 18.2. The quantitative estimate of drug-likeness (QED) is 0.741. The SMILES string of the molecule is CN(C)C(=O)c1ccc(Cl)cc1NCc1cc(=O)n2cc(Cl)ccc2n1. The maximum Gasteiger partial charge on any atom is 0.258 e. The molecule has 8 heteroatoms.